The van der Waals surface area contributed by atoms with Crippen molar-refractivity contribution in [3.63, 3.8) is 0 Å². The zero-order chi connectivity index (χ0) is 27.8. The molecule has 1 aliphatic rings. The first kappa shape index (κ1) is 26.3. The monoisotopic (exact) mass is 558 g/mol. The highest BCUT2D eigenvalue weighted by molar-refractivity contribution is 7.21. The number of aryl methyl sites for hydroxylation is 2. The molecule has 6 rings (SSSR count). The van der Waals surface area contributed by atoms with Crippen LogP contribution in [-0.2, 0) is 6.54 Å². The van der Waals surface area contributed by atoms with Gasteiger partial charge in [-0.1, -0.05) is 12.1 Å². The summed E-state index contributed by atoms with van der Waals surface area (Å²) in [5, 5.41) is 42.4. The number of benzene rings is 1. The van der Waals surface area contributed by atoms with Crippen LogP contribution in [0.25, 0.3) is 26.5 Å². The second-order valence-corrected chi connectivity index (χ2v) is 11.0. The van der Waals surface area contributed by atoms with E-state index in [1.54, 1.807) is 17.1 Å². The van der Waals surface area contributed by atoms with Gasteiger partial charge in [0.2, 0.25) is 5.95 Å². The minimum absolute atomic E-state index is 0.206. The summed E-state index contributed by atoms with van der Waals surface area (Å²) >= 11 is 1.52. The highest BCUT2D eigenvalue weighted by atomic mass is 32.1. The molecule has 0 amide bonds. The molecule has 1 aliphatic carbocycles. The molecular formula is C28H30N8O3S. The van der Waals surface area contributed by atoms with Crippen molar-refractivity contribution in [2.24, 2.45) is 5.92 Å². The fourth-order valence-corrected chi connectivity index (χ4v) is 6.21. The van der Waals surface area contributed by atoms with E-state index < -0.39 is 24.2 Å². The van der Waals surface area contributed by atoms with Crippen molar-refractivity contribution in [1.29, 1.82) is 0 Å². The summed E-state index contributed by atoms with van der Waals surface area (Å²) in [4.78, 5) is 18.8. The Hall–Kier alpha value is -3.97. The fraction of sp³-hybridized carbons (Fsp3) is 0.321. The van der Waals surface area contributed by atoms with E-state index in [1.165, 1.54) is 11.3 Å². The summed E-state index contributed by atoms with van der Waals surface area (Å²) < 4.78 is 2.81. The molecule has 5 aromatic rings. The number of nitrogens with zero attached hydrogens (tertiary/aromatic N) is 6. The molecule has 0 saturated heterocycles. The molecule has 4 atom stereocenters. The van der Waals surface area contributed by atoms with E-state index in [0.29, 0.717) is 30.4 Å². The lowest BCUT2D eigenvalue weighted by molar-refractivity contribution is 0.00446. The van der Waals surface area contributed by atoms with E-state index in [-0.39, 0.29) is 6.61 Å². The Balaban J connectivity index is 1.31. The molecule has 0 unspecified atom stereocenters. The number of pyridine rings is 1. The Labute approximate surface area is 234 Å². The number of aliphatic hydroxyl groups excluding tert-OH is 3. The lowest BCUT2D eigenvalue weighted by Gasteiger charge is -2.21. The van der Waals surface area contributed by atoms with Crippen molar-refractivity contribution in [2.75, 3.05) is 17.2 Å². The van der Waals surface area contributed by atoms with E-state index >= 15 is 0 Å². The quantitative estimate of drug-likeness (QED) is 0.192. The first-order chi connectivity index (χ1) is 19.4. The summed E-state index contributed by atoms with van der Waals surface area (Å²) in [6.07, 6.45) is 3.73. The topological polar surface area (TPSA) is 154 Å². The van der Waals surface area contributed by atoms with Gasteiger partial charge < -0.3 is 26.0 Å². The summed E-state index contributed by atoms with van der Waals surface area (Å²) in [5.74, 6) is 0.506. The van der Waals surface area contributed by atoms with Crippen LogP contribution in [0.5, 0.6) is 0 Å². The molecular weight excluding hydrogens is 528 g/mol. The Bertz CT molecular complexity index is 1620. The van der Waals surface area contributed by atoms with Crippen LogP contribution < -0.4 is 10.6 Å². The normalized spacial score (nSPS) is 20.7. The smallest absolute Gasteiger partial charge is 0.225 e. The van der Waals surface area contributed by atoms with Crippen LogP contribution in [0.1, 0.15) is 23.4 Å². The highest BCUT2D eigenvalue weighted by Crippen LogP contribution is 2.38. The highest BCUT2D eigenvalue weighted by Gasteiger charge is 2.41. The van der Waals surface area contributed by atoms with Crippen LogP contribution in [0.15, 0.2) is 55.0 Å². The van der Waals surface area contributed by atoms with Crippen molar-refractivity contribution in [2.45, 2.75) is 45.1 Å². The Morgan fingerprint density at radius 3 is 2.52 bits per heavy atom. The van der Waals surface area contributed by atoms with Gasteiger partial charge in [0.15, 0.2) is 0 Å². The molecule has 1 aromatic carbocycles. The molecule has 0 spiro atoms. The first-order valence-corrected chi connectivity index (χ1v) is 13.9. The number of aliphatic hydroxyl groups is 3. The molecule has 1 saturated carbocycles. The fourth-order valence-electron chi connectivity index (χ4n) is 5.09. The predicted octanol–water partition coefficient (Wildman–Crippen LogP) is 3.08. The van der Waals surface area contributed by atoms with Gasteiger partial charge in [-0.25, -0.2) is 14.6 Å². The van der Waals surface area contributed by atoms with Gasteiger partial charge in [0.05, 0.1) is 39.5 Å². The van der Waals surface area contributed by atoms with Crippen LogP contribution in [0.4, 0.5) is 11.8 Å². The standard InChI is InChI=1S/C28H30N8O3S/c1-15-22(27-34-23-16(2)29-10-8-21(23)40-27)26(33-20-12-18(14-37)24(38)25(20)39)35-28(32-15)30-13-17-4-6-19(7-5-17)36-11-3-9-31-36/h3-11,18,20,24-25,37-39H,12-14H2,1-2H3,(H2,30,32,33,35)/t18-,20-,24-,25+/m1/s1. The van der Waals surface area contributed by atoms with E-state index in [9.17, 15) is 15.3 Å². The van der Waals surface area contributed by atoms with Crippen molar-refractivity contribution in [3.05, 3.63) is 71.9 Å². The molecule has 206 valence electrons. The summed E-state index contributed by atoms with van der Waals surface area (Å²) in [5.41, 5.74) is 5.12. The first-order valence-electron chi connectivity index (χ1n) is 13.1. The molecule has 5 N–H and O–H groups in total. The second-order valence-electron chi connectivity index (χ2n) is 10.00. The lowest BCUT2D eigenvalue weighted by Crippen LogP contribution is -2.35. The van der Waals surface area contributed by atoms with Crippen molar-refractivity contribution >= 4 is 33.3 Å². The largest absolute Gasteiger partial charge is 0.396 e. The summed E-state index contributed by atoms with van der Waals surface area (Å²) in [6.45, 7) is 4.12. The van der Waals surface area contributed by atoms with Crippen LogP contribution in [0.3, 0.4) is 0 Å². The van der Waals surface area contributed by atoms with Gasteiger partial charge >= 0.3 is 0 Å². The van der Waals surface area contributed by atoms with Gasteiger partial charge in [-0.3, -0.25) is 4.98 Å². The minimum Gasteiger partial charge on any atom is -0.396 e. The molecule has 40 heavy (non-hydrogen) atoms. The number of aromatic nitrogens is 6. The predicted molar refractivity (Wildman–Crippen MR) is 153 cm³/mol. The molecule has 0 radical (unpaired) electrons. The Morgan fingerprint density at radius 1 is 1.00 bits per heavy atom. The number of thiazole rings is 1. The van der Waals surface area contributed by atoms with Crippen molar-refractivity contribution in [3.8, 4) is 16.3 Å². The third-order valence-corrected chi connectivity index (χ3v) is 8.35. The molecule has 12 heteroatoms. The number of hydrogen-bond acceptors (Lipinski definition) is 11. The number of hydrogen-bond donors (Lipinski definition) is 5. The lowest BCUT2D eigenvalue weighted by atomic mass is 10.1. The number of nitrogens with one attached hydrogen (secondary N) is 2. The van der Waals surface area contributed by atoms with Crippen molar-refractivity contribution < 1.29 is 15.3 Å². The maximum absolute atomic E-state index is 10.7. The van der Waals surface area contributed by atoms with E-state index in [1.807, 2.05) is 56.4 Å². The van der Waals surface area contributed by atoms with Gasteiger partial charge in [-0.15, -0.1) is 11.3 Å². The molecule has 0 bridgehead atoms. The number of anilines is 2. The van der Waals surface area contributed by atoms with E-state index in [2.05, 4.69) is 20.7 Å². The zero-order valence-corrected chi connectivity index (χ0v) is 22.9. The van der Waals surface area contributed by atoms with E-state index in [0.717, 1.165) is 37.7 Å². The maximum atomic E-state index is 10.7. The van der Waals surface area contributed by atoms with Gasteiger partial charge in [0.25, 0.3) is 0 Å². The summed E-state index contributed by atoms with van der Waals surface area (Å²) in [6, 6.07) is 11.4. The third-order valence-electron chi connectivity index (χ3n) is 7.31. The SMILES string of the molecule is Cc1nc(NCc2ccc(-n3cccn3)cc2)nc(N[C@@H]2C[C@H](CO)[C@@H](O)[C@H]2O)c1-c1nc2c(C)nccc2s1. The average Bonchev–Trinajstić information content (AvgIpc) is 3.70. The molecule has 4 heterocycles. The minimum atomic E-state index is -1.05. The zero-order valence-electron chi connectivity index (χ0n) is 22.1. The third kappa shape index (κ3) is 5.02. The van der Waals surface area contributed by atoms with E-state index in [4.69, 9.17) is 15.0 Å². The summed E-state index contributed by atoms with van der Waals surface area (Å²) in [7, 11) is 0. The van der Waals surface area contributed by atoms with Crippen LogP contribution in [-0.4, -0.2) is 69.9 Å². The molecule has 1 fully saturated rings. The molecule has 11 nitrogen and oxygen atoms in total. The van der Waals surface area contributed by atoms with Gasteiger partial charge in [0.1, 0.15) is 22.4 Å². The maximum Gasteiger partial charge on any atom is 0.225 e. The van der Waals surface area contributed by atoms with Crippen LogP contribution in [0.2, 0.25) is 0 Å². The van der Waals surface area contributed by atoms with Crippen LogP contribution in [0, 0.1) is 19.8 Å². The molecule has 0 aliphatic heterocycles. The van der Waals surface area contributed by atoms with Gasteiger partial charge in [-0.05, 0) is 50.1 Å². The van der Waals surface area contributed by atoms with Gasteiger partial charge in [-0.2, -0.15) is 10.1 Å². The molecule has 4 aromatic heterocycles. The Morgan fingerprint density at radius 2 is 1.82 bits per heavy atom. The average molecular weight is 559 g/mol. The second kappa shape index (κ2) is 10.9. The van der Waals surface area contributed by atoms with Crippen LogP contribution >= 0.6 is 11.3 Å². The van der Waals surface area contributed by atoms with Gasteiger partial charge in [0, 0.05) is 37.7 Å². The Kier molecular flexibility index (Phi) is 7.15. The van der Waals surface area contributed by atoms with Crippen molar-refractivity contribution in [1.82, 2.24) is 29.7 Å². The number of fused-ring (bicyclic) bond motifs is 1. The number of rotatable bonds is 8.